The lowest BCUT2D eigenvalue weighted by molar-refractivity contribution is -0.0466. The summed E-state index contributed by atoms with van der Waals surface area (Å²) in [4.78, 5) is 4.91. The fraction of sp³-hybridized carbons (Fsp3) is 1.00. The van der Waals surface area contributed by atoms with Crippen LogP contribution in [0, 0.1) is 0 Å². The van der Waals surface area contributed by atoms with Gasteiger partial charge in [-0.3, -0.25) is 4.90 Å². The van der Waals surface area contributed by atoms with Crippen LogP contribution in [0.25, 0.3) is 0 Å². The van der Waals surface area contributed by atoms with Crippen LogP contribution in [0.1, 0.15) is 26.2 Å². The Balaban J connectivity index is 1.86. The molecule has 2 saturated heterocycles. The van der Waals surface area contributed by atoms with Crippen molar-refractivity contribution < 1.29 is 4.74 Å². The zero-order valence-electron chi connectivity index (χ0n) is 11.3. The highest BCUT2D eigenvalue weighted by molar-refractivity contribution is 4.85. The van der Waals surface area contributed by atoms with E-state index < -0.39 is 0 Å². The third-order valence-corrected chi connectivity index (χ3v) is 4.05. The molecule has 0 radical (unpaired) electrons. The average molecular weight is 241 g/mol. The lowest BCUT2D eigenvalue weighted by Crippen LogP contribution is -2.54. The third-order valence-electron chi connectivity index (χ3n) is 4.05. The molecule has 17 heavy (non-hydrogen) atoms. The van der Waals surface area contributed by atoms with E-state index in [0.29, 0.717) is 12.1 Å². The van der Waals surface area contributed by atoms with Gasteiger partial charge < -0.3 is 15.4 Å². The van der Waals surface area contributed by atoms with Gasteiger partial charge in [-0.05, 0) is 33.4 Å². The van der Waals surface area contributed by atoms with Gasteiger partial charge in [-0.1, -0.05) is 6.42 Å². The number of morpholine rings is 1. The Kier molecular flexibility index (Phi) is 4.79. The first-order chi connectivity index (χ1) is 8.16. The predicted octanol–water partition coefficient (Wildman–Crippen LogP) is 0.519. The van der Waals surface area contributed by atoms with E-state index in [1.807, 2.05) is 0 Å². The minimum absolute atomic E-state index is 0.275. The molecule has 0 aliphatic carbocycles. The largest absolute Gasteiger partial charge is 0.374 e. The third kappa shape index (κ3) is 3.65. The summed E-state index contributed by atoms with van der Waals surface area (Å²) in [6, 6.07) is 0.830. The summed E-state index contributed by atoms with van der Waals surface area (Å²) in [7, 11) is 2.18. The maximum absolute atomic E-state index is 6.10. The molecule has 2 rings (SSSR count). The van der Waals surface area contributed by atoms with Crippen LogP contribution in [0.5, 0.6) is 0 Å². The number of likely N-dealkylation sites (tertiary alicyclic amines) is 1. The molecule has 2 fully saturated rings. The maximum atomic E-state index is 6.10. The first kappa shape index (κ1) is 13.3. The first-order valence-corrected chi connectivity index (χ1v) is 6.96. The van der Waals surface area contributed by atoms with Crippen molar-refractivity contribution in [3.8, 4) is 0 Å². The van der Waals surface area contributed by atoms with E-state index in [9.17, 15) is 0 Å². The molecule has 0 saturated carbocycles. The molecule has 0 aromatic carbocycles. The second-order valence-corrected chi connectivity index (χ2v) is 5.67. The molecule has 0 bridgehead atoms. The van der Waals surface area contributed by atoms with Gasteiger partial charge in [0.15, 0.2) is 0 Å². The summed E-state index contributed by atoms with van der Waals surface area (Å²) < 4.78 is 5.86. The predicted molar refractivity (Wildman–Crippen MR) is 70.1 cm³/mol. The van der Waals surface area contributed by atoms with E-state index in [1.165, 1.54) is 25.8 Å². The van der Waals surface area contributed by atoms with E-state index >= 15 is 0 Å². The summed E-state index contributed by atoms with van der Waals surface area (Å²) in [5.41, 5.74) is 6.10. The van der Waals surface area contributed by atoms with Gasteiger partial charge in [0, 0.05) is 31.7 Å². The van der Waals surface area contributed by atoms with E-state index in [1.54, 1.807) is 0 Å². The highest BCUT2D eigenvalue weighted by Crippen LogP contribution is 2.20. The Hall–Kier alpha value is -0.160. The molecule has 4 nitrogen and oxygen atoms in total. The number of likely N-dealkylation sites (N-methyl/N-ethyl adjacent to an activating group) is 1. The Labute approximate surface area is 105 Å². The highest BCUT2D eigenvalue weighted by atomic mass is 16.5. The standard InChI is InChI=1S/C13H27N3O/c1-11(14)13-5-3-4-6-16(13)10-12-9-15(2)7-8-17-12/h11-13H,3-10,14H2,1-2H3. The van der Waals surface area contributed by atoms with Crippen molar-refractivity contribution in [3.63, 3.8) is 0 Å². The summed E-state index contributed by atoms with van der Waals surface area (Å²) in [5, 5.41) is 0. The second-order valence-electron chi connectivity index (χ2n) is 5.67. The zero-order valence-corrected chi connectivity index (χ0v) is 11.3. The van der Waals surface area contributed by atoms with Crippen molar-refractivity contribution in [3.05, 3.63) is 0 Å². The topological polar surface area (TPSA) is 41.7 Å². The Morgan fingerprint density at radius 2 is 2.18 bits per heavy atom. The van der Waals surface area contributed by atoms with Crippen LogP contribution < -0.4 is 5.73 Å². The molecule has 0 spiro atoms. The highest BCUT2D eigenvalue weighted by Gasteiger charge is 2.29. The molecule has 2 aliphatic heterocycles. The second kappa shape index (κ2) is 6.14. The van der Waals surface area contributed by atoms with E-state index in [4.69, 9.17) is 10.5 Å². The van der Waals surface area contributed by atoms with Crippen LogP contribution in [0.15, 0.2) is 0 Å². The van der Waals surface area contributed by atoms with Gasteiger partial charge in [-0.25, -0.2) is 0 Å². The van der Waals surface area contributed by atoms with Gasteiger partial charge in [0.2, 0.25) is 0 Å². The summed E-state index contributed by atoms with van der Waals surface area (Å²) >= 11 is 0. The summed E-state index contributed by atoms with van der Waals surface area (Å²) in [5.74, 6) is 0. The fourth-order valence-electron chi connectivity index (χ4n) is 3.08. The van der Waals surface area contributed by atoms with E-state index in [0.717, 1.165) is 26.2 Å². The number of nitrogens with two attached hydrogens (primary N) is 1. The van der Waals surface area contributed by atoms with Crippen molar-refractivity contribution in [2.45, 2.75) is 44.4 Å². The first-order valence-electron chi connectivity index (χ1n) is 6.96. The molecule has 3 unspecified atom stereocenters. The average Bonchev–Trinajstić information content (AvgIpc) is 2.29. The van der Waals surface area contributed by atoms with Gasteiger partial charge in [0.25, 0.3) is 0 Å². The van der Waals surface area contributed by atoms with Crippen molar-refractivity contribution >= 4 is 0 Å². The number of rotatable bonds is 3. The number of ether oxygens (including phenoxy) is 1. The van der Waals surface area contributed by atoms with Crippen molar-refractivity contribution in [1.82, 2.24) is 9.80 Å². The maximum Gasteiger partial charge on any atom is 0.0829 e. The molecule has 2 aliphatic rings. The van der Waals surface area contributed by atoms with Crippen molar-refractivity contribution in [2.75, 3.05) is 39.8 Å². The molecule has 3 atom stereocenters. The monoisotopic (exact) mass is 241 g/mol. The number of nitrogens with zero attached hydrogens (tertiary/aromatic N) is 2. The van der Waals surface area contributed by atoms with Gasteiger partial charge in [-0.2, -0.15) is 0 Å². The van der Waals surface area contributed by atoms with Crippen LogP contribution >= 0.6 is 0 Å². The van der Waals surface area contributed by atoms with Crippen molar-refractivity contribution in [1.29, 1.82) is 0 Å². The molecule has 2 N–H and O–H groups in total. The number of hydrogen-bond acceptors (Lipinski definition) is 4. The van der Waals surface area contributed by atoms with E-state index in [2.05, 4.69) is 23.8 Å². The van der Waals surface area contributed by atoms with E-state index in [-0.39, 0.29) is 6.04 Å². The lowest BCUT2D eigenvalue weighted by Gasteiger charge is -2.41. The lowest BCUT2D eigenvalue weighted by atomic mass is 9.96. The normalized spacial score (nSPS) is 34.8. The smallest absolute Gasteiger partial charge is 0.0829 e. The van der Waals surface area contributed by atoms with Gasteiger partial charge in [-0.15, -0.1) is 0 Å². The van der Waals surface area contributed by atoms with Gasteiger partial charge >= 0.3 is 0 Å². The molecular formula is C13H27N3O. The van der Waals surface area contributed by atoms with Crippen LogP contribution in [-0.2, 0) is 4.74 Å². The molecular weight excluding hydrogens is 214 g/mol. The van der Waals surface area contributed by atoms with Crippen molar-refractivity contribution in [2.24, 2.45) is 5.73 Å². The van der Waals surface area contributed by atoms with Crippen LogP contribution in [0.4, 0.5) is 0 Å². The number of hydrogen-bond donors (Lipinski definition) is 1. The number of piperidine rings is 1. The van der Waals surface area contributed by atoms with Gasteiger partial charge in [0.1, 0.15) is 0 Å². The van der Waals surface area contributed by atoms with Gasteiger partial charge in [0.05, 0.1) is 12.7 Å². The summed E-state index contributed by atoms with van der Waals surface area (Å²) in [6.45, 7) is 7.37. The molecule has 4 heteroatoms. The minimum atomic E-state index is 0.275. The molecule has 0 aromatic heterocycles. The molecule has 0 amide bonds. The van der Waals surface area contributed by atoms with Crippen LogP contribution in [-0.4, -0.2) is 67.8 Å². The Bertz CT molecular complexity index is 235. The Morgan fingerprint density at radius 3 is 2.88 bits per heavy atom. The Morgan fingerprint density at radius 1 is 1.35 bits per heavy atom. The SMILES string of the molecule is CC(N)C1CCCCN1CC1CN(C)CCO1. The molecule has 100 valence electrons. The molecule has 2 heterocycles. The van der Waals surface area contributed by atoms with Crippen LogP contribution in [0.3, 0.4) is 0 Å². The minimum Gasteiger partial charge on any atom is -0.374 e. The quantitative estimate of drug-likeness (QED) is 0.782. The fourth-order valence-corrected chi connectivity index (χ4v) is 3.08. The van der Waals surface area contributed by atoms with Crippen LogP contribution in [0.2, 0.25) is 0 Å². The zero-order chi connectivity index (χ0) is 12.3. The summed E-state index contributed by atoms with van der Waals surface area (Å²) in [6.07, 6.45) is 4.26. The molecule has 0 aromatic rings.